The number of nitrogens with zero attached hydrogens (tertiary/aromatic N) is 3. The minimum Gasteiger partial charge on any atom is -0.324 e. The number of aromatic nitrogens is 3. The minimum absolute atomic E-state index is 0.0841. The number of hydrogen-bond donors (Lipinski definition) is 1. The lowest BCUT2D eigenvalue weighted by Gasteiger charge is -2.05. The predicted octanol–water partition coefficient (Wildman–Crippen LogP) is 0.874. The standard InChI is InChI=1S/C11H11ClN4O2/c1-15-11(18)16(7-13-15)6-10(17)14-9-4-2-3-8(12)5-9/h2-5,7H,6H2,1H3,(H,14,17). The van der Waals surface area contributed by atoms with E-state index in [-0.39, 0.29) is 18.1 Å². The van der Waals surface area contributed by atoms with Gasteiger partial charge in [0.05, 0.1) is 0 Å². The molecule has 0 aliphatic carbocycles. The third kappa shape index (κ3) is 2.78. The second-order valence-electron chi connectivity index (χ2n) is 3.72. The molecule has 94 valence electrons. The third-order valence-electron chi connectivity index (χ3n) is 2.31. The zero-order valence-corrected chi connectivity index (χ0v) is 10.4. The smallest absolute Gasteiger partial charge is 0.324 e. The molecule has 0 atom stereocenters. The molecule has 1 amide bonds. The van der Waals surface area contributed by atoms with E-state index in [2.05, 4.69) is 10.4 Å². The molecule has 1 aromatic heterocycles. The van der Waals surface area contributed by atoms with Crippen molar-refractivity contribution in [3.8, 4) is 0 Å². The molecule has 0 spiro atoms. The average Bonchev–Trinajstić information content (AvgIpc) is 2.61. The number of halogens is 1. The first-order valence-electron chi connectivity index (χ1n) is 5.20. The zero-order valence-electron chi connectivity index (χ0n) is 9.63. The van der Waals surface area contributed by atoms with E-state index < -0.39 is 0 Å². The van der Waals surface area contributed by atoms with Crippen molar-refractivity contribution in [3.63, 3.8) is 0 Å². The van der Waals surface area contributed by atoms with Crippen molar-refractivity contribution in [3.05, 3.63) is 46.1 Å². The summed E-state index contributed by atoms with van der Waals surface area (Å²) in [5, 5.41) is 6.94. The number of hydrogen-bond acceptors (Lipinski definition) is 3. The van der Waals surface area contributed by atoms with E-state index in [1.54, 1.807) is 24.3 Å². The van der Waals surface area contributed by atoms with Gasteiger partial charge in [0.25, 0.3) is 0 Å². The number of carbonyl (C=O) groups excluding carboxylic acids is 1. The van der Waals surface area contributed by atoms with E-state index >= 15 is 0 Å². The maximum Gasteiger partial charge on any atom is 0.345 e. The Balaban J connectivity index is 2.05. The Morgan fingerprint density at radius 1 is 1.50 bits per heavy atom. The number of aryl methyl sites for hydroxylation is 1. The summed E-state index contributed by atoms with van der Waals surface area (Å²) in [7, 11) is 1.52. The number of nitrogens with one attached hydrogen (secondary N) is 1. The molecule has 6 nitrogen and oxygen atoms in total. The van der Waals surface area contributed by atoms with Gasteiger partial charge in [0.15, 0.2) is 0 Å². The van der Waals surface area contributed by atoms with Crippen molar-refractivity contribution in [2.75, 3.05) is 5.32 Å². The predicted molar refractivity (Wildman–Crippen MR) is 67.5 cm³/mol. The minimum atomic E-state index is -0.337. The van der Waals surface area contributed by atoms with E-state index in [0.717, 1.165) is 4.68 Å². The lowest BCUT2D eigenvalue weighted by Crippen LogP contribution is -2.28. The topological polar surface area (TPSA) is 68.9 Å². The number of rotatable bonds is 3. The van der Waals surface area contributed by atoms with E-state index in [1.165, 1.54) is 17.9 Å². The second-order valence-corrected chi connectivity index (χ2v) is 4.16. The van der Waals surface area contributed by atoms with Gasteiger partial charge in [-0.3, -0.25) is 9.36 Å². The van der Waals surface area contributed by atoms with Gasteiger partial charge in [0, 0.05) is 17.8 Å². The van der Waals surface area contributed by atoms with Crippen LogP contribution in [0.25, 0.3) is 0 Å². The largest absolute Gasteiger partial charge is 0.345 e. The van der Waals surface area contributed by atoms with Crippen LogP contribution in [0.1, 0.15) is 0 Å². The molecule has 0 radical (unpaired) electrons. The van der Waals surface area contributed by atoms with Gasteiger partial charge in [-0.1, -0.05) is 17.7 Å². The summed E-state index contributed by atoms with van der Waals surface area (Å²) in [4.78, 5) is 23.2. The SMILES string of the molecule is Cn1ncn(CC(=O)Nc2cccc(Cl)c2)c1=O. The van der Waals surface area contributed by atoms with Gasteiger partial charge in [-0.05, 0) is 18.2 Å². The molecule has 0 saturated carbocycles. The molecule has 2 aromatic rings. The monoisotopic (exact) mass is 266 g/mol. The van der Waals surface area contributed by atoms with Gasteiger partial charge >= 0.3 is 5.69 Å². The number of anilines is 1. The van der Waals surface area contributed by atoms with Crippen molar-refractivity contribution < 1.29 is 4.79 Å². The van der Waals surface area contributed by atoms with Crippen LogP contribution >= 0.6 is 11.6 Å². The molecule has 0 unspecified atom stereocenters. The fourth-order valence-electron chi connectivity index (χ4n) is 1.45. The number of amides is 1. The molecule has 1 N–H and O–H groups in total. The Labute approximate surface area is 108 Å². The zero-order chi connectivity index (χ0) is 13.1. The van der Waals surface area contributed by atoms with E-state index in [1.807, 2.05) is 0 Å². The Kier molecular flexibility index (Phi) is 3.47. The van der Waals surface area contributed by atoms with E-state index in [0.29, 0.717) is 10.7 Å². The first-order valence-corrected chi connectivity index (χ1v) is 5.58. The molecule has 0 aliphatic heterocycles. The summed E-state index contributed by atoms with van der Waals surface area (Å²) in [5.41, 5.74) is 0.251. The Morgan fingerprint density at radius 2 is 2.28 bits per heavy atom. The maximum atomic E-state index is 11.7. The highest BCUT2D eigenvalue weighted by Gasteiger charge is 2.07. The van der Waals surface area contributed by atoms with Crippen LogP contribution in [0.15, 0.2) is 35.4 Å². The fraction of sp³-hybridized carbons (Fsp3) is 0.182. The molecule has 2 rings (SSSR count). The summed E-state index contributed by atoms with van der Waals surface area (Å²) in [6.45, 7) is -0.0841. The van der Waals surface area contributed by atoms with Crippen LogP contribution in [0, 0.1) is 0 Å². The molecular weight excluding hydrogens is 256 g/mol. The summed E-state index contributed by atoms with van der Waals surface area (Å²) in [6.07, 6.45) is 1.32. The molecule has 0 saturated heterocycles. The highest BCUT2D eigenvalue weighted by atomic mass is 35.5. The molecule has 0 fully saturated rings. The lowest BCUT2D eigenvalue weighted by atomic mass is 10.3. The van der Waals surface area contributed by atoms with Crippen LogP contribution in [-0.4, -0.2) is 20.3 Å². The first-order chi connectivity index (χ1) is 8.56. The summed E-state index contributed by atoms with van der Waals surface area (Å²) >= 11 is 5.80. The average molecular weight is 267 g/mol. The van der Waals surface area contributed by atoms with Crippen LogP contribution in [0.3, 0.4) is 0 Å². The first kappa shape index (κ1) is 12.4. The van der Waals surface area contributed by atoms with E-state index in [9.17, 15) is 9.59 Å². The lowest BCUT2D eigenvalue weighted by molar-refractivity contribution is -0.116. The van der Waals surface area contributed by atoms with Gasteiger partial charge < -0.3 is 5.32 Å². The normalized spacial score (nSPS) is 10.3. The Bertz CT molecular complexity index is 632. The van der Waals surface area contributed by atoms with Gasteiger partial charge in [-0.2, -0.15) is 5.10 Å². The molecule has 1 heterocycles. The number of carbonyl (C=O) groups is 1. The molecule has 0 aliphatic rings. The van der Waals surface area contributed by atoms with Gasteiger partial charge in [0.1, 0.15) is 12.9 Å². The van der Waals surface area contributed by atoms with Gasteiger partial charge in [-0.15, -0.1) is 0 Å². The fourth-order valence-corrected chi connectivity index (χ4v) is 1.64. The van der Waals surface area contributed by atoms with Gasteiger partial charge in [0.2, 0.25) is 5.91 Å². The van der Waals surface area contributed by atoms with Crippen molar-refractivity contribution >= 4 is 23.2 Å². The van der Waals surface area contributed by atoms with Crippen molar-refractivity contribution in [1.82, 2.24) is 14.3 Å². The second kappa shape index (κ2) is 5.05. The van der Waals surface area contributed by atoms with Gasteiger partial charge in [-0.25, -0.2) is 9.48 Å². The highest BCUT2D eigenvalue weighted by Crippen LogP contribution is 2.14. The van der Waals surface area contributed by atoms with Crippen LogP contribution < -0.4 is 11.0 Å². The Hall–Kier alpha value is -2.08. The van der Waals surface area contributed by atoms with E-state index in [4.69, 9.17) is 11.6 Å². The molecule has 0 bridgehead atoms. The molecule has 7 heteroatoms. The maximum absolute atomic E-state index is 11.7. The van der Waals surface area contributed by atoms with Crippen LogP contribution in [0.4, 0.5) is 5.69 Å². The third-order valence-corrected chi connectivity index (χ3v) is 2.54. The number of benzene rings is 1. The highest BCUT2D eigenvalue weighted by molar-refractivity contribution is 6.30. The quantitative estimate of drug-likeness (QED) is 0.896. The van der Waals surface area contributed by atoms with Crippen LogP contribution in [0.5, 0.6) is 0 Å². The molecular formula is C11H11ClN4O2. The summed E-state index contributed by atoms with van der Waals surface area (Å²) in [6, 6.07) is 6.79. The Morgan fingerprint density at radius 3 is 2.89 bits per heavy atom. The molecule has 18 heavy (non-hydrogen) atoms. The van der Waals surface area contributed by atoms with Crippen LogP contribution in [0.2, 0.25) is 5.02 Å². The van der Waals surface area contributed by atoms with Crippen molar-refractivity contribution in [2.45, 2.75) is 6.54 Å². The summed E-state index contributed by atoms with van der Waals surface area (Å²) in [5.74, 6) is -0.313. The van der Waals surface area contributed by atoms with Crippen molar-refractivity contribution in [2.24, 2.45) is 7.05 Å². The van der Waals surface area contributed by atoms with Crippen LogP contribution in [-0.2, 0) is 18.4 Å². The van der Waals surface area contributed by atoms with Crippen molar-refractivity contribution in [1.29, 1.82) is 0 Å². The summed E-state index contributed by atoms with van der Waals surface area (Å²) < 4.78 is 2.38. The molecule has 1 aromatic carbocycles.